The standard InChI is InChI=1S/C13H17N3O2/c1-13(14-2,12(17)18)7-8-16-11-6-4-3-5-10(11)9-15-16/h3-6,9,14H,7-8H2,1-2H3,(H,17,18). The van der Waals surface area contributed by atoms with Gasteiger partial charge in [-0.2, -0.15) is 5.10 Å². The minimum absolute atomic E-state index is 0.477. The van der Waals surface area contributed by atoms with E-state index in [1.165, 1.54) is 0 Å². The molecule has 96 valence electrons. The molecule has 1 heterocycles. The Morgan fingerprint density at radius 3 is 2.89 bits per heavy atom. The van der Waals surface area contributed by atoms with E-state index >= 15 is 0 Å². The van der Waals surface area contributed by atoms with Crippen molar-refractivity contribution in [1.29, 1.82) is 0 Å². The van der Waals surface area contributed by atoms with Crippen molar-refractivity contribution < 1.29 is 9.90 Å². The monoisotopic (exact) mass is 247 g/mol. The number of aromatic nitrogens is 2. The smallest absolute Gasteiger partial charge is 0.323 e. The molecule has 0 aliphatic rings. The predicted molar refractivity (Wildman–Crippen MR) is 69.5 cm³/mol. The van der Waals surface area contributed by atoms with Gasteiger partial charge in [0.05, 0.1) is 11.7 Å². The Balaban J connectivity index is 2.17. The summed E-state index contributed by atoms with van der Waals surface area (Å²) in [6, 6.07) is 7.89. The first-order valence-corrected chi connectivity index (χ1v) is 5.90. The molecule has 5 nitrogen and oxygen atoms in total. The normalized spacial score (nSPS) is 14.6. The molecule has 0 amide bonds. The number of fused-ring (bicyclic) bond motifs is 1. The molecule has 0 radical (unpaired) electrons. The van der Waals surface area contributed by atoms with Crippen LogP contribution in [-0.2, 0) is 11.3 Å². The van der Waals surface area contributed by atoms with Crippen molar-refractivity contribution in [2.75, 3.05) is 7.05 Å². The van der Waals surface area contributed by atoms with Crippen LogP contribution in [0.15, 0.2) is 30.5 Å². The van der Waals surface area contributed by atoms with Gasteiger partial charge < -0.3 is 10.4 Å². The van der Waals surface area contributed by atoms with Gasteiger partial charge in [0, 0.05) is 11.9 Å². The van der Waals surface area contributed by atoms with Crippen LogP contribution in [0.2, 0.25) is 0 Å². The molecule has 0 fully saturated rings. The fourth-order valence-electron chi connectivity index (χ4n) is 1.87. The van der Waals surface area contributed by atoms with Gasteiger partial charge in [-0.05, 0) is 26.5 Å². The second-order valence-corrected chi connectivity index (χ2v) is 4.56. The lowest BCUT2D eigenvalue weighted by atomic mass is 9.98. The highest BCUT2D eigenvalue weighted by Gasteiger charge is 2.30. The summed E-state index contributed by atoms with van der Waals surface area (Å²) < 4.78 is 1.84. The van der Waals surface area contributed by atoms with Crippen molar-refractivity contribution in [1.82, 2.24) is 15.1 Å². The van der Waals surface area contributed by atoms with Crippen LogP contribution in [0.5, 0.6) is 0 Å². The van der Waals surface area contributed by atoms with Crippen LogP contribution in [0.4, 0.5) is 0 Å². The van der Waals surface area contributed by atoms with Crippen molar-refractivity contribution in [3.8, 4) is 0 Å². The summed E-state index contributed by atoms with van der Waals surface area (Å²) in [6.45, 7) is 2.25. The second-order valence-electron chi connectivity index (χ2n) is 4.56. The average molecular weight is 247 g/mol. The maximum Gasteiger partial charge on any atom is 0.323 e. The largest absolute Gasteiger partial charge is 0.480 e. The summed E-state index contributed by atoms with van der Waals surface area (Å²) in [5.41, 5.74) is 0.105. The highest BCUT2D eigenvalue weighted by Crippen LogP contribution is 2.16. The molecule has 1 aromatic carbocycles. The molecule has 5 heteroatoms. The van der Waals surface area contributed by atoms with E-state index in [0.717, 1.165) is 10.9 Å². The zero-order valence-electron chi connectivity index (χ0n) is 10.6. The molecule has 1 aromatic heterocycles. The number of nitrogens with one attached hydrogen (secondary N) is 1. The topological polar surface area (TPSA) is 67.2 Å². The molecular formula is C13H17N3O2. The average Bonchev–Trinajstić information content (AvgIpc) is 2.79. The Hall–Kier alpha value is -1.88. The summed E-state index contributed by atoms with van der Waals surface area (Å²) in [7, 11) is 1.66. The van der Waals surface area contributed by atoms with E-state index in [-0.39, 0.29) is 0 Å². The summed E-state index contributed by atoms with van der Waals surface area (Å²) in [5, 5.41) is 17.4. The lowest BCUT2D eigenvalue weighted by Crippen LogP contribution is -2.48. The number of hydrogen-bond acceptors (Lipinski definition) is 3. The fraction of sp³-hybridized carbons (Fsp3) is 0.385. The van der Waals surface area contributed by atoms with Gasteiger partial charge in [-0.3, -0.25) is 9.48 Å². The molecule has 0 bridgehead atoms. The maximum atomic E-state index is 11.2. The maximum absolute atomic E-state index is 11.2. The van der Waals surface area contributed by atoms with Gasteiger partial charge in [0.1, 0.15) is 5.54 Å². The van der Waals surface area contributed by atoms with Gasteiger partial charge in [-0.25, -0.2) is 0 Å². The highest BCUT2D eigenvalue weighted by atomic mass is 16.4. The van der Waals surface area contributed by atoms with Gasteiger partial charge in [-0.1, -0.05) is 18.2 Å². The van der Waals surface area contributed by atoms with Crippen LogP contribution < -0.4 is 5.32 Å². The van der Waals surface area contributed by atoms with Crippen LogP contribution in [0.3, 0.4) is 0 Å². The van der Waals surface area contributed by atoms with Gasteiger partial charge in [0.25, 0.3) is 0 Å². The van der Waals surface area contributed by atoms with Gasteiger partial charge in [-0.15, -0.1) is 0 Å². The van der Waals surface area contributed by atoms with E-state index in [1.54, 1.807) is 20.2 Å². The fourth-order valence-corrected chi connectivity index (χ4v) is 1.87. The molecule has 2 aromatic rings. The minimum Gasteiger partial charge on any atom is -0.480 e. The van der Waals surface area contributed by atoms with E-state index in [2.05, 4.69) is 10.4 Å². The SMILES string of the molecule is CNC(C)(CCn1ncc2ccccc21)C(=O)O. The number of carboxylic acids is 1. The Kier molecular flexibility index (Phi) is 3.34. The molecule has 0 spiro atoms. The number of carbonyl (C=O) groups is 1. The number of likely N-dealkylation sites (N-methyl/N-ethyl adjacent to an activating group) is 1. The zero-order valence-corrected chi connectivity index (χ0v) is 10.6. The third kappa shape index (κ3) is 2.22. The number of para-hydroxylation sites is 1. The number of hydrogen-bond donors (Lipinski definition) is 2. The summed E-state index contributed by atoms with van der Waals surface area (Å²) >= 11 is 0. The highest BCUT2D eigenvalue weighted by molar-refractivity contribution is 5.79. The van der Waals surface area contributed by atoms with Crippen LogP contribution in [0, 0.1) is 0 Å². The lowest BCUT2D eigenvalue weighted by molar-refractivity contribution is -0.144. The van der Waals surface area contributed by atoms with Crippen molar-refractivity contribution in [2.24, 2.45) is 0 Å². The number of benzene rings is 1. The van der Waals surface area contributed by atoms with Crippen molar-refractivity contribution in [3.63, 3.8) is 0 Å². The van der Waals surface area contributed by atoms with Crippen LogP contribution in [0.1, 0.15) is 13.3 Å². The lowest BCUT2D eigenvalue weighted by Gasteiger charge is -2.24. The number of rotatable bonds is 5. The molecule has 1 unspecified atom stereocenters. The van der Waals surface area contributed by atoms with Crippen LogP contribution in [0.25, 0.3) is 10.9 Å². The molecule has 0 saturated carbocycles. The van der Waals surface area contributed by atoms with E-state index in [9.17, 15) is 9.90 Å². The van der Waals surface area contributed by atoms with E-state index in [0.29, 0.717) is 13.0 Å². The summed E-state index contributed by atoms with van der Waals surface area (Å²) in [4.78, 5) is 11.2. The summed E-state index contributed by atoms with van der Waals surface area (Å²) in [5.74, 6) is -0.846. The second kappa shape index (κ2) is 4.78. The first-order valence-electron chi connectivity index (χ1n) is 5.90. The van der Waals surface area contributed by atoms with Crippen molar-refractivity contribution in [3.05, 3.63) is 30.5 Å². The first-order chi connectivity index (χ1) is 8.57. The molecule has 18 heavy (non-hydrogen) atoms. The van der Waals surface area contributed by atoms with Gasteiger partial charge >= 0.3 is 5.97 Å². The van der Waals surface area contributed by atoms with E-state index < -0.39 is 11.5 Å². The van der Waals surface area contributed by atoms with Crippen LogP contribution >= 0.6 is 0 Å². The Bertz CT molecular complexity index is 564. The van der Waals surface area contributed by atoms with E-state index in [1.807, 2.05) is 28.9 Å². The molecule has 2 rings (SSSR count). The number of aliphatic carboxylic acids is 1. The van der Waals surface area contributed by atoms with E-state index in [4.69, 9.17) is 0 Å². The number of nitrogens with zero attached hydrogens (tertiary/aromatic N) is 2. The van der Waals surface area contributed by atoms with Crippen LogP contribution in [-0.4, -0.2) is 33.4 Å². The van der Waals surface area contributed by atoms with Gasteiger partial charge in [0.2, 0.25) is 0 Å². The molecular weight excluding hydrogens is 230 g/mol. The molecule has 0 aliphatic carbocycles. The Morgan fingerprint density at radius 2 is 2.22 bits per heavy atom. The predicted octanol–water partition coefficient (Wildman–Crippen LogP) is 1.49. The minimum atomic E-state index is -0.924. The Labute approximate surface area is 105 Å². The molecule has 1 atom stereocenters. The third-order valence-electron chi connectivity index (χ3n) is 3.40. The van der Waals surface area contributed by atoms with Crippen molar-refractivity contribution in [2.45, 2.75) is 25.4 Å². The first kappa shape index (κ1) is 12.6. The van der Waals surface area contributed by atoms with Crippen molar-refractivity contribution >= 4 is 16.9 Å². The van der Waals surface area contributed by atoms with Gasteiger partial charge in [0.15, 0.2) is 0 Å². The number of carboxylic acid groups (broad SMARTS) is 1. The molecule has 0 aliphatic heterocycles. The zero-order chi connectivity index (χ0) is 13.2. The quantitative estimate of drug-likeness (QED) is 0.840. The summed E-state index contributed by atoms with van der Waals surface area (Å²) in [6.07, 6.45) is 2.28. The molecule has 2 N–H and O–H groups in total. The Morgan fingerprint density at radius 1 is 1.50 bits per heavy atom. The third-order valence-corrected chi connectivity index (χ3v) is 3.40. The molecule has 0 saturated heterocycles. The number of aryl methyl sites for hydroxylation is 1.